The Bertz CT molecular complexity index is 329. The maximum absolute atomic E-state index is 2.12. The number of hydrogen-bond donors (Lipinski definition) is 0. The van der Waals surface area contributed by atoms with E-state index in [2.05, 4.69) is 13.8 Å². The van der Waals surface area contributed by atoms with Gasteiger partial charge in [0.25, 0.3) is 0 Å². The van der Waals surface area contributed by atoms with Crippen molar-refractivity contribution in [1.82, 2.24) is 0 Å². The molecule has 0 aliphatic rings. The van der Waals surface area contributed by atoms with Gasteiger partial charge < -0.3 is 7.43 Å². The molecule has 0 N–H and O–H groups in total. The van der Waals surface area contributed by atoms with E-state index >= 15 is 0 Å². The van der Waals surface area contributed by atoms with Gasteiger partial charge in [-0.2, -0.15) is 11.8 Å². The van der Waals surface area contributed by atoms with E-state index in [-0.39, 0.29) is 47.6 Å². The third-order valence-corrected chi connectivity index (χ3v) is 2.00. The molecule has 0 bridgehead atoms. The van der Waals surface area contributed by atoms with E-state index in [9.17, 15) is 0 Å². The summed E-state index contributed by atoms with van der Waals surface area (Å²) < 4.78 is 0. The van der Waals surface area contributed by atoms with E-state index in [0.29, 0.717) is 0 Å². The number of thioether (sulfide) groups is 1. The van der Waals surface area contributed by atoms with Crippen LogP contribution in [0.4, 0.5) is 0 Å². The van der Waals surface area contributed by atoms with Crippen molar-refractivity contribution in [3.8, 4) is 0 Å². The van der Waals surface area contributed by atoms with Crippen LogP contribution >= 0.6 is 11.8 Å². The van der Waals surface area contributed by atoms with Crippen LogP contribution in [0.1, 0.15) is 41.5 Å². The Morgan fingerprint density at radius 3 is 0.517 bits per heavy atom. The number of hydrogen-bond acceptors (Lipinski definition) is 1. The SMILES string of the molecule is C.CC.CCC.CSC.[CH3-].[Y].c1ccccc1.c1ccccc1.c1ccccc1. The molecule has 3 aromatic rings. The molecule has 0 fully saturated rings. The number of rotatable bonds is 0. The van der Waals surface area contributed by atoms with Crippen LogP contribution in [0.3, 0.4) is 0 Å². The third kappa shape index (κ3) is 58.4. The number of benzene rings is 3. The third-order valence-electron chi connectivity index (χ3n) is 2.00. The largest absolute Gasteiger partial charge is 0.358 e. The Balaban J connectivity index is -0.0000000560. The Kier molecular flexibility index (Phi) is 73.8. The molecule has 1 radical (unpaired) electrons. The molecule has 0 amide bonds. The van der Waals surface area contributed by atoms with Crippen LogP contribution in [-0.4, -0.2) is 12.5 Å². The summed E-state index contributed by atoms with van der Waals surface area (Å²) in [6, 6.07) is 36.0. The summed E-state index contributed by atoms with van der Waals surface area (Å²) in [5.74, 6) is 0. The fourth-order valence-corrected chi connectivity index (χ4v) is 1.15. The van der Waals surface area contributed by atoms with Crippen LogP contribution in [0.25, 0.3) is 0 Å². The standard InChI is InChI=1S/3C6H6.C3H8.C2H6S.C2H6.CH4.CH3.Y/c3*1-2-4-6-5-3-1;2*1-3-2;1-2;;;/h3*1-6H;3H2,1-2H3;1-2H3;1-2H3;1H4;1H3;/q;;;;;;;-1;. The van der Waals surface area contributed by atoms with Gasteiger partial charge in [0, 0.05) is 32.7 Å². The summed E-state index contributed by atoms with van der Waals surface area (Å²) in [5, 5.41) is 0. The molecule has 0 atom stereocenters. The molecule has 163 valence electrons. The zero-order chi connectivity index (χ0) is 20.1. The molecule has 0 spiro atoms. The van der Waals surface area contributed by atoms with Gasteiger partial charge in [0.05, 0.1) is 0 Å². The Hall–Kier alpha value is -0.886. The van der Waals surface area contributed by atoms with Crippen molar-refractivity contribution in [1.29, 1.82) is 0 Å². The Morgan fingerprint density at radius 2 is 0.483 bits per heavy atom. The van der Waals surface area contributed by atoms with Gasteiger partial charge in [0.2, 0.25) is 0 Å². The second kappa shape index (κ2) is 50.6. The summed E-state index contributed by atoms with van der Waals surface area (Å²) in [6.45, 7) is 8.25. The molecule has 0 aliphatic heterocycles. The van der Waals surface area contributed by atoms with Gasteiger partial charge in [-0.15, -0.1) is 0 Å². The topological polar surface area (TPSA) is 0 Å². The van der Waals surface area contributed by atoms with Crippen molar-refractivity contribution in [2.45, 2.75) is 41.5 Å². The molecule has 0 aliphatic carbocycles. The maximum Gasteiger partial charge on any atom is 0 e. The fraction of sp³-hybridized carbons (Fsp3) is 0.296. The minimum atomic E-state index is 0. The molecule has 0 nitrogen and oxygen atoms in total. The van der Waals surface area contributed by atoms with Crippen molar-refractivity contribution in [3.05, 3.63) is 117 Å². The van der Waals surface area contributed by atoms with E-state index in [1.54, 1.807) is 11.8 Å². The second-order valence-electron chi connectivity index (χ2n) is 4.58. The van der Waals surface area contributed by atoms with Gasteiger partial charge in [0.1, 0.15) is 0 Å². The van der Waals surface area contributed by atoms with E-state index in [4.69, 9.17) is 0 Å². The zero-order valence-electron chi connectivity index (χ0n) is 19.1. The molecular weight excluding hydrogens is 445 g/mol. The van der Waals surface area contributed by atoms with Crippen LogP contribution in [0.2, 0.25) is 0 Å². The predicted molar refractivity (Wildman–Crippen MR) is 139 cm³/mol. The summed E-state index contributed by atoms with van der Waals surface area (Å²) in [4.78, 5) is 0. The average molecular weight is 491 g/mol. The van der Waals surface area contributed by atoms with Crippen LogP contribution in [0, 0.1) is 7.43 Å². The maximum atomic E-state index is 2.12. The zero-order valence-corrected chi connectivity index (χ0v) is 22.7. The summed E-state index contributed by atoms with van der Waals surface area (Å²) in [6.07, 6.45) is 5.33. The molecule has 0 saturated heterocycles. The van der Waals surface area contributed by atoms with Gasteiger partial charge in [-0.3, -0.25) is 0 Å². The quantitative estimate of drug-likeness (QED) is 0.283. The Morgan fingerprint density at radius 1 is 0.448 bits per heavy atom. The van der Waals surface area contributed by atoms with Gasteiger partial charge in [-0.1, -0.05) is 151 Å². The minimum Gasteiger partial charge on any atom is -0.358 e. The van der Waals surface area contributed by atoms with Gasteiger partial charge in [0.15, 0.2) is 0 Å². The molecule has 0 saturated carbocycles. The van der Waals surface area contributed by atoms with Gasteiger partial charge >= 0.3 is 0 Å². The van der Waals surface area contributed by atoms with Crippen molar-refractivity contribution in [2.24, 2.45) is 0 Å². The van der Waals surface area contributed by atoms with E-state index in [0.717, 1.165) is 0 Å². The van der Waals surface area contributed by atoms with Crippen LogP contribution < -0.4 is 0 Å². The molecule has 0 aromatic heterocycles. The first kappa shape index (κ1) is 42.3. The molecular formula is C27H45SY-. The first-order chi connectivity index (χ1) is 12.8. The van der Waals surface area contributed by atoms with Gasteiger partial charge in [-0.25, -0.2) is 0 Å². The van der Waals surface area contributed by atoms with Crippen molar-refractivity contribution in [2.75, 3.05) is 12.5 Å². The molecule has 3 aromatic carbocycles. The predicted octanol–water partition coefficient (Wildman–Crippen LogP) is 9.57. The molecule has 29 heavy (non-hydrogen) atoms. The van der Waals surface area contributed by atoms with Gasteiger partial charge in [-0.05, 0) is 12.5 Å². The molecule has 0 unspecified atom stereocenters. The van der Waals surface area contributed by atoms with Crippen LogP contribution in [0.15, 0.2) is 109 Å². The van der Waals surface area contributed by atoms with E-state index in [1.165, 1.54) is 6.42 Å². The fourth-order valence-electron chi connectivity index (χ4n) is 1.15. The molecule has 2 heteroatoms. The van der Waals surface area contributed by atoms with Crippen LogP contribution in [0.5, 0.6) is 0 Å². The first-order valence-electron chi connectivity index (χ1n) is 9.23. The van der Waals surface area contributed by atoms with Crippen molar-refractivity contribution < 1.29 is 32.7 Å². The smallest absolute Gasteiger partial charge is 0 e. The van der Waals surface area contributed by atoms with Crippen molar-refractivity contribution in [3.63, 3.8) is 0 Å². The average Bonchev–Trinajstić information content (AvgIpc) is 2.75. The monoisotopic (exact) mass is 490 g/mol. The Labute approximate surface area is 213 Å². The second-order valence-corrected chi connectivity index (χ2v) is 5.40. The molecule has 0 heterocycles. The van der Waals surface area contributed by atoms with E-state index in [1.807, 2.05) is 136 Å². The normalized spacial score (nSPS) is 6.41. The first-order valence-corrected chi connectivity index (χ1v) is 10.9. The summed E-state index contributed by atoms with van der Waals surface area (Å²) in [5.41, 5.74) is 0. The van der Waals surface area contributed by atoms with Crippen LogP contribution in [-0.2, 0) is 32.7 Å². The summed E-state index contributed by atoms with van der Waals surface area (Å²) in [7, 11) is 0. The van der Waals surface area contributed by atoms with Crippen molar-refractivity contribution >= 4 is 11.8 Å². The molecule has 3 rings (SSSR count). The minimum absolute atomic E-state index is 0. The van der Waals surface area contributed by atoms with E-state index < -0.39 is 0 Å². The summed E-state index contributed by atoms with van der Waals surface area (Å²) >= 11 is 1.75.